The molecule has 0 radical (unpaired) electrons. The third-order valence-electron chi connectivity index (χ3n) is 3.94. The maximum absolute atomic E-state index is 13.1. The summed E-state index contributed by atoms with van der Waals surface area (Å²) in [5.74, 6) is -0.148. The maximum atomic E-state index is 13.1. The van der Waals surface area contributed by atoms with E-state index in [0.29, 0.717) is 16.8 Å². The second kappa shape index (κ2) is 7.32. The minimum Gasteiger partial charge on any atom is -0.480 e. The molecule has 126 valence electrons. The standard InChI is InChI=1S/C18H18BrFN2O2/c1-11(24-17-5-4-15(20)7-16(17)19)18(23)22-8-12-2-3-13-9-21-10-14(13)6-12/h2-7,11,21H,8-10H2,1H3,(H,22,23). The van der Waals surface area contributed by atoms with E-state index in [1.54, 1.807) is 6.92 Å². The zero-order valence-electron chi connectivity index (χ0n) is 13.2. The van der Waals surface area contributed by atoms with Crippen molar-refractivity contribution in [2.24, 2.45) is 0 Å². The lowest BCUT2D eigenvalue weighted by Gasteiger charge is -2.16. The van der Waals surface area contributed by atoms with Crippen molar-refractivity contribution in [3.05, 3.63) is 63.4 Å². The van der Waals surface area contributed by atoms with Crippen LogP contribution in [-0.4, -0.2) is 12.0 Å². The quantitative estimate of drug-likeness (QED) is 0.820. The predicted octanol–water partition coefficient (Wildman–Crippen LogP) is 3.28. The molecule has 0 fully saturated rings. The van der Waals surface area contributed by atoms with Crippen molar-refractivity contribution in [2.45, 2.75) is 32.7 Å². The van der Waals surface area contributed by atoms with Crippen LogP contribution in [0, 0.1) is 5.82 Å². The Kier molecular flexibility index (Phi) is 5.16. The molecule has 2 N–H and O–H groups in total. The Morgan fingerprint density at radius 1 is 1.29 bits per heavy atom. The van der Waals surface area contributed by atoms with E-state index < -0.39 is 6.10 Å². The third kappa shape index (κ3) is 3.94. The van der Waals surface area contributed by atoms with Crippen LogP contribution in [0.3, 0.4) is 0 Å². The molecule has 3 rings (SSSR count). The summed E-state index contributed by atoms with van der Waals surface area (Å²) < 4.78 is 19.1. The van der Waals surface area contributed by atoms with E-state index in [-0.39, 0.29) is 11.7 Å². The van der Waals surface area contributed by atoms with Gasteiger partial charge in [0.1, 0.15) is 11.6 Å². The molecule has 2 aromatic carbocycles. The number of benzene rings is 2. The SMILES string of the molecule is CC(Oc1ccc(F)cc1Br)C(=O)NCc1ccc2c(c1)CNC2. The van der Waals surface area contributed by atoms with Gasteiger partial charge in [0.2, 0.25) is 0 Å². The lowest BCUT2D eigenvalue weighted by atomic mass is 10.1. The van der Waals surface area contributed by atoms with Crippen LogP contribution in [-0.2, 0) is 24.4 Å². The molecule has 0 aliphatic carbocycles. The van der Waals surface area contributed by atoms with Gasteiger partial charge in [-0.3, -0.25) is 4.79 Å². The molecule has 1 aliphatic rings. The summed E-state index contributed by atoms with van der Waals surface area (Å²) in [7, 11) is 0. The summed E-state index contributed by atoms with van der Waals surface area (Å²) in [5, 5.41) is 6.16. The lowest BCUT2D eigenvalue weighted by molar-refractivity contribution is -0.127. The van der Waals surface area contributed by atoms with Gasteiger partial charge in [-0.05, 0) is 57.7 Å². The van der Waals surface area contributed by atoms with Gasteiger partial charge in [-0.25, -0.2) is 4.39 Å². The highest BCUT2D eigenvalue weighted by atomic mass is 79.9. The number of hydrogen-bond donors (Lipinski definition) is 2. The molecule has 0 saturated heterocycles. The molecule has 1 heterocycles. The Labute approximate surface area is 148 Å². The van der Waals surface area contributed by atoms with E-state index in [1.807, 2.05) is 6.07 Å². The number of halogens is 2. The minimum atomic E-state index is -0.678. The molecule has 0 aromatic heterocycles. The van der Waals surface area contributed by atoms with Crippen LogP contribution in [0.15, 0.2) is 40.9 Å². The Morgan fingerprint density at radius 2 is 2.08 bits per heavy atom. The van der Waals surface area contributed by atoms with Crippen LogP contribution in [0.25, 0.3) is 0 Å². The first kappa shape index (κ1) is 16.9. The number of ether oxygens (including phenoxy) is 1. The van der Waals surface area contributed by atoms with Gasteiger partial charge in [0.05, 0.1) is 4.47 Å². The van der Waals surface area contributed by atoms with E-state index in [1.165, 1.54) is 29.3 Å². The van der Waals surface area contributed by atoms with E-state index in [2.05, 4.69) is 38.7 Å². The van der Waals surface area contributed by atoms with Crippen molar-refractivity contribution in [1.82, 2.24) is 10.6 Å². The monoisotopic (exact) mass is 392 g/mol. The number of nitrogens with one attached hydrogen (secondary N) is 2. The van der Waals surface area contributed by atoms with Gasteiger partial charge in [0.25, 0.3) is 5.91 Å². The Morgan fingerprint density at radius 3 is 2.88 bits per heavy atom. The van der Waals surface area contributed by atoms with E-state index in [9.17, 15) is 9.18 Å². The second-order valence-corrected chi connectivity index (χ2v) is 6.61. The van der Waals surface area contributed by atoms with Gasteiger partial charge in [-0.1, -0.05) is 18.2 Å². The first-order chi connectivity index (χ1) is 11.5. The average Bonchev–Trinajstić information content (AvgIpc) is 3.02. The Hall–Kier alpha value is -1.92. The van der Waals surface area contributed by atoms with Gasteiger partial charge in [0, 0.05) is 19.6 Å². The van der Waals surface area contributed by atoms with Gasteiger partial charge in [-0.2, -0.15) is 0 Å². The largest absolute Gasteiger partial charge is 0.480 e. The summed E-state index contributed by atoms with van der Waals surface area (Å²) in [4.78, 5) is 12.2. The summed E-state index contributed by atoms with van der Waals surface area (Å²) in [6, 6.07) is 10.3. The molecule has 0 bridgehead atoms. The number of carbonyl (C=O) groups is 1. The fraction of sp³-hybridized carbons (Fsp3) is 0.278. The van der Waals surface area contributed by atoms with Crippen molar-refractivity contribution in [3.8, 4) is 5.75 Å². The van der Waals surface area contributed by atoms with Crippen LogP contribution >= 0.6 is 15.9 Å². The third-order valence-corrected chi connectivity index (χ3v) is 4.55. The Bertz CT molecular complexity index is 767. The first-order valence-corrected chi connectivity index (χ1v) is 8.53. The van der Waals surface area contributed by atoms with Gasteiger partial charge in [-0.15, -0.1) is 0 Å². The van der Waals surface area contributed by atoms with Crippen molar-refractivity contribution < 1.29 is 13.9 Å². The molecule has 1 amide bonds. The van der Waals surface area contributed by atoms with Crippen molar-refractivity contribution in [1.29, 1.82) is 0 Å². The molecular weight excluding hydrogens is 375 g/mol. The molecule has 0 spiro atoms. The van der Waals surface area contributed by atoms with E-state index >= 15 is 0 Å². The summed E-state index contributed by atoms with van der Waals surface area (Å²) in [6.45, 7) is 3.89. The number of fused-ring (bicyclic) bond motifs is 1. The fourth-order valence-corrected chi connectivity index (χ4v) is 3.05. The topological polar surface area (TPSA) is 50.4 Å². The Balaban J connectivity index is 1.56. The normalized spacial score (nSPS) is 14.1. The number of amides is 1. The summed E-state index contributed by atoms with van der Waals surface area (Å²) >= 11 is 3.23. The van der Waals surface area contributed by atoms with Crippen molar-refractivity contribution in [3.63, 3.8) is 0 Å². The predicted molar refractivity (Wildman–Crippen MR) is 93.0 cm³/mol. The smallest absolute Gasteiger partial charge is 0.261 e. The van der Waals surface area contributed by atoms with Crippen molar-refractivity contribution >= 4 is 21.8 Å². The highest BCUT2D eigenvalue weighted by Crippen LogP contribution is 2.26. The molecule has 1 aliphatic heterocycles. The van der Waals surface area contributed by atoms with Gasteiger partial charge < -0.3 is 15.4 Å². The second-order valence-electron chi connectivity index (χ2n) is 5.76. The average molecular weight is 393 g/mol. The van der Waals surface area contributed by atoms with Crippen LogP contribution in [0.5, 0.6) is 5.75 Å². The number of hydrogen-bond acceptors (Lipinski definition) is 3. The molecule has 6 heteroatoms. The highest BCUT2D eigenvalue weighted by Gasteiger charge is 2.16. The zero-order chi connectivity index (χ0) is 17.1. The van der Waals surface area contributed by atoms with E-state index in [0.717, 1.165) is 18.7 Å². The maximum Gasteiger partial charge on any atom is 0.261 e. The first-order valence-electron chi connectivity index (χ1n) is 7.74. The molecule has 1 atom stereocenters. The van der Waals surface area contributed by atoms with Crippen LogP contribution in [0.1, 0.15) is 23.6 Å². The highest BCUT2D eigenvalue weighted by molar-refractivity contribution is 9.10. The lowest BCUT2D eigenvalue weighted by Crippen LogP contribution is -2.36. The molecule has 24 heavy (non-hydrogen) atoms. The minimum absolute atomic E-state index is 0.218. The molecular formula is C18H18BrFN2O2. The molecule has 0 saturated carbocycles. The van der Waals surface area contributed by atoms with Gasteiger partial charge >= 0.3 is 0 Å². The van der Waals surface area contributed by atoms with Crippen LogP contribution in [0.4, 0.5) is 4.39 Å². The molecule has 1 unspecified atom stereocenters. The molecule has 4 nitrogen and oxygen atoms in total. The van der Waals surface area contributed by atoms with Crippen LogP contribution in [0.2, 0.25) is 0 Å². The van der Waals surface area contributed by atoms with Crippen molar-refractivity contribution in [2.75, 3.05) is 0 Å². The zero-order valence-corrected chi connectivity index (χ0v) is 14.8. The molecule has 2 aromatic rings. The summed E-state index contributed by atoms with van der Waals surface area (Å²) in [5.41, 5.74) is 3.64. The summed E-state index contributed by atoms with van der Waals surface area (Å²) in [6.07, 6.45) is -0.678. The van der Waals surface area contributed by atoms with Crippen LogP contribution < -0.4 is 15.4 Å². The number of carbonyl (C=O) groups excluding carboxylic acids is 1. The number of rotatable bonds is 5. The van der Waals surface area contributed by atoms with Gasteiger partial charge in [0.15, 0.2) is 6.10 Å². The van der Waals surface area contributed by atoms with E-state index in [4.69, 9.17) is 4.74 Å². The fourth-order valence-electron chi connectivity index (χ4n) is 2.61.